The summed E-state index contributed by atoms with van der Waals surface area (Å²) in [5.74, 6) is 0. The molecule has 15 heavy (non-hydrogen) atoms. The fourth-order valence-corrected chi connectivity index (χ4v) is 2.05. The standard InChI is InChI=1S/C11H8BrClN2/c12-5-9-4-11(15-7-10(9)13)8-2-1-3-14-6-8/h1-4,6-7H,5H2. The van der Waals surface area contributed by atoms with Crippen LogP contribution in [-0.4, -0.2) is 9.97 Å². The molecule has 0 aliphatic heterocycles. The first-order valence-electron chi connectivity index (χ1n) is 4.42. The van der Waals surface area contributed by atoms with Gasteiger partial charge in [0.1, 0.15) is 0 Å². The zero-order chi connectivity index (χ0) is 10.7. The molecular weight excluding hydrogens is 275 g/mol. The van der Waals surface area contributed by atoms with Crippen molar-refractivity contribution in [2.45, 2.75) is 5.33 Å². The first-order valence-corrected chi connectivity index (χ1v) is 5.92. The molecule has 2 rings (SSSR count). The number of hydrogen-bond acceptors (Lipinski definition) is 2. The molecule has 0 fully saturated rings. The van der Waals surface area contributed by atoms with Crippen LogP contribution in [0.3, 0.4) is 0 Å². The van der Waals surface area contributed by atoms with Crippen LogP contribution in [-0.2, 0) is 5.33 Å². The highest BCUT2D eigenvalue weighted by molar-refractivity contribution is 9.08. The van der Waals surface area contributed by atoms with Crippen LogP contribution in [0.4, 0.5) is 0 Å². The Balaban J connectivity index is 2.46. The molecule has 0 aromatic carbocycles. The van der Waals surface area contributed by atoms with Gasteiger partial charge in [-0.2, -0.15) is 0 Å². The fourth-order valence-electron chi connectivity index (χ4n) is 1.25. The van der Waals surface area contributed by atoms with Crippen LogP contribution >= 0.6 is 27.5 Å². The van der Waals surface area contributed by atoms with E-state index in [2.05, 4.69) is 25.9 Å². The van der Waals surface area contributed by atoms with Gasteiger partial charge in [0.05, 0.1) is 10.7 Å². The van der Waals surface area contributed by atoms with Crippen molar-refractivity contribution in [2.75, 3.05) is 0 Å². The highest BCUT2D eigenvalue weighted by atomic mass is 79.9. The predicted molar refractivity (Wildman–Crippen MR) is 65.1 cm³/mol. The molecule has 0 aliphatic carbocycles. The van der Waals surface area contributed by atoms with E-state index in [-0.39, 0.29) is 0 Å². The Morgan fingerprint density at radius 1 is 1.33 bits per heavy atom. The van der Waals surface area contributed by atoms with Crippen LogP contribution in [0.25, 0.3) is 11.3 Å². The SMILES string of the molecule is Clc1cnc(-c2cccnc2)cc1CBr. The van der Waals surface area contributed by atoms with Gasteiger partial charge in [-0.25, -0.2) is 0 Å². The molecule has 0 saturated carbocycles. The van der Waals surface area contributed by atoms with Crippen molar-refractivity contribution in [1.82, 2.24) is 9.97 Å². The second kappa shape index (κ2) is 4.73. The molecule has 76 valence electrons. The number of pyridine rings is 2. The smallest absolute Gasteiger partial charge is 0.0721 e. The van der Waals surface area contributed by atoms with E-state index in [1.165, 1.54) is 0 Å². The number of aromatic nitrogens is 2. The van der Waals surface area contributed by atoms with Gasteiger partial charge in [0.25, 0.3) is 0 Å². The zero-order valence-electron chi connectivity index (χ0n) is 7.82. The Kier molecular flexibility index (Phi) is 3.34. The lowest BCUT2D eigenvalue weighted by atomic mass is 10.1. The molecule has 4 heteroatoms. The molecule has 0 N–H and O–H groups in total. The number of nitrogens with zero attached hydrogens (tertiary/aromatic N) is 2. The van der Waals surface area contributed by atoms with Crippen molar-refractivity contribution in [3.8, 4) is 11.3 Å². The largest absolute Gasteiger partial charge is 0.264 e. The molecule has 0 unspecified atom stereocenters. The Morgan fingerprint density at radius 3 is 2.87 bits per heavy atom. The first kappa shape index (κ1) is 10.6. The van der Waals surface area contributed by atoms with Crippen LogP contribution in [0.1, 0.15) is 5.56 Å². The van der Waals surface area contributed by atoms with Gasteiger partial charge in [-0.15, -0.1) is 0 Å². The van der Waals surface area contributed by atoms with E-state index in [0.29, 0.717) is 5.02 Å². The van der Waals surface area contributed by atoms with Gasteiger partial charge in [0, 0.05) is 29.5 Å². The molecule has 0 amide bonds. The molecule has 0 spiro atoms. The second-order valence-electron chi connectivity index (χ2n) is 3.04. The third kappa shape index (κ3) is 2.36. The Hall–Kier alpha value is -0.930. The molecular formula is C11H8BrClN2. The van der Waals surface area contributed by atoms with Gasteiger partial charge < -0.3 is 0 Å². The lowest BCUT2D eigenvalue weighted by molar-refractivity contribution is 1.25. The van der Waals surface area contributed by atoms with E-state index < -0.39 is 0 Å². The van der Waals surface area contributed by atoms with Crippen LogP contribution in [0.15, 0.2) is 36.8 Å². The maximum atomic E-state index is 5.98. The predicted octanol–water partition coefficient (Wildman–Crippen LogP) is 3.69. The average molecular weight is 284 g/mol. The fraction of sp³-hybridized carbons (Fsp3) is 0.0909. The molecule has 2 nitrogen and oxygen atoms in total. The quantitative estimate of drug-likeness (QED) is 0.786. The van der Waals surface area contributed by atoms with Gasteiger partial charge in [0.15, 0.2) is 0 Å². The summed E-state index contributed by atoms with van der Waals surface area (Å²) in [5, 5.41) is 1.40. The van der Waals surface area contributed by atoms with Gasteiger partial charge in [-0.05, 0) is 23.8 Å². The monoisotopic (exact) mass is 282 g/mol. The average Bonchev–Trinajstić information content (AvgIpc) is 2.31. The van der Waals surface area contributed by atoms with Crippen molar-refractivity contribution in [3.05, 3.63) is 47.4 Å². The number of hydrogen-bond donors (Lipinski definition) is 0. The van der Waals surface area contributed by atoms with E-state index in [9.17, 15) is 0 Å². The Labute approximate surface area is 101 Å². The number of halogens is 2. The van der Waals surface area contributed by atoms with Crippen LogP contribution in [0, 0.1) is 0 Å². The van der Waals surface area contributed by atoms with Crippen molar-refractivity contribution in [3.63, 3.8) is 0 Å². The summed E-state index contributed by atoms with van der Waals surface area (Å²) in [6.07, 6.45) is 5.19. The number of rotatable bonds is 2. The van der Waals surface area contributed by atoms with Gasteiger partial charge in [-0.1, -0.05) is 27.5 Å². The van der Waals surface area contributed by atoms with Crippen molar-refractivity contribution >= 4 is 27.5 Å². The summed E-state index contributed by atoms with van der Waals surface area (Å²) in [6, 6.07) is 5.83. The summed E-state index contributed by atoms with van der Waals surface area (Å²) >= 11 is 9.36. The molecule has 2 aromatic heterocycles. The second-order valence-corrected chi connectivity index (χ2v) is 4.00. The Bertz CT molecular complexity index is 459. The maximum absolute atomic E-state index is 5.98. The Morgan fingerprint density at radius 2 is 2.20 bits per heavy atom. The minimum absolute atomic E-state index is 0.680. The summed E-state index contributed by atoms with van der Waals surface area (Å²) in [4.78, 5) is 8.32. The van der Waals surface area contributed by atoms with Crippen LogP contribution in [0.2, 0.25) is 5.02 Å². The maximum Gasteiger partial charge on any atom is 0.0721 e. The van der Waals surface area contributed by atoms with E-state index in [4.69, 9.17) is 11.6 Å². The lowest BCUT2D eigenvalue weighted by Crippen LogP contribution is -1.88. The highest BCUT2D eigenvalue weighted by Gasteiger charge is 2.03. The van der Waals surface area contributed by atoms with Gasteiger partial charge in [0.2, 0.25) is 0 Å². The van der Waals surface area contributed by atoms with Crippen molar-refractivity contribution in [2.24, 2.45) is 0 Å². The summed E-state index contributed by atoms with van der Waals surface area (Å²) in [7, 11) is 0. The van der Waals surface area contributed by atoms with E-state index in [1.807, 2.05) is 18.2 Å². The van der Waals surface area contributed by atoms with Crippen molar-refractivity contribution in [1.29, 1.82) is 0 Å². The molecule has 0 radical (unpaired) electrons. The van der Waals surface area contributed by atoms with Crippen LogP contribution in [0.5, 0.6) is 0 Å². The molecule has 0 aliphatic rings. The summed E-state index contributed by atoms with van der Waals surface area (Å²) in [5.41, 5.74) is 2.92. The molecule has 2 aromatic rings. The van der Waals surface area contributed by atoms with E-state index in [1.54, 1.807) is 18.6 Å². The first-order chi connectivity index (χ1) is 7.31. The van der Waals surface area contributed by atoms with E-state index in [0.717, 1.165) is 22.2 Å². The molecule has 0 atom stereocenters. The van der Waals surface area contributed by atoms with Gasteiger partial charge in [-0.3, -0.25) is 9.97 Å². The number of alkyl halides is 1. The molecule has 0 saturated heterocycles. The molecule has 2 heterocycles. The summed E-state index contributed by atoms with van der Waals surface area (Å²) in [6.45, 7) is 0. The zero-order valence-corrected chi connectivity index (χ0v) is 10.2. The third-order valence-corrected chi connectivity index (χ3v) is 2.98. The highest BCUT2D eigenvalue weighted by Crippen LogP contribution is 2.23. The molecule has 0 bridgehead atoms. The minimum atomic E-state index is 0.680. The minimum Gasteiger partial charge on any atom is -0.264 e. The van der Waals surface area contributed by atoms with Crippen LogP contribution < -0.4 is 0 Å². The topological polar surface area (TPSA) is 25.8 Å². The lowest BCUT2D eigenvalue weighted by Gasteiger charge is -2.03. The third-order valence-electron chi connectivity index (χ3n) is 2.04. The van der Waals surface area contributed by atoms with Gasteiger partial charge >= 0.3 is 0 Å². The van der Waals surface area contributed by atoms with Crippen molar-refractivity contribution < 1.29 is 0 Å². The summed E-state index contributed by atoms with van der Waals surface area (Å²) < 4.78 is 0. The normalized spacial score (nSPS) is 10.3. The van der Waals surface area contributed by atoms with E-state index >= 15 is 0 Å².